The molecule has 2 N–H and O–H groups in total. The van der Waals surface area contributed by atoms with Crippen LogP contribution in [0.4, 0.5) is 11.4 Å². The summed E-state index contributed by atoms with van der Waals surface area (Å²) in [5.41, 5.74) is 1.64. The Labute approximate surface area is 110 Å². The van der Waals surface area contributed by atoms with Gasteiger partial charge in [-0.2, -0.15) is 10.2 Å². The van der Waals surface area contributed by atoms with Crippen molar-refractivity contribution in [2.24, 2.45) is 10.2 Å². The molecule has 0 saturated carbocycles. The minimum Gasteiger partial charge on any atom is -0.508 e. The Bertz CT molecular complexity index is 597. The van der Waals surface area contributed by atoms with Gasteiger partial charge in [-0.15, -0.1) is 0 Å². The fourth-order valence-corrected chi connectivity index (χ4v) is 1.55. The summed E-state index contributed by atoms with van der Waals surface area (Å²) in [6.45, 7) is -0.242. The van der Waals surface area contributed by atoms with E-state index in [4.69, 9.17) is 9.84 Å². The minimum atomic E-state index is -0.242. The van der Waals surface area contributed by atoms with Crippen molar-refractivity contribution in [1.29, 1.82) is 0 Å². The first-order chi connectivity index (χ1) is 9.22. The highest BCUT2D eigenvalue weighted by molar-refractivity contribution is 5.48. The van der Waals surface area contributed by atoms with Crippen molar-refractivity contribution in [3.05, 3.63) is 48.0 Å². The molecule has 2 rings (SSSR count). The minimum absolute atomic E-state index is 0.0443. The normalized spacial score (nSPS) is 10.8. The number of nitrogens with zero attached hydrogens (tertiary/aromatic N) is 2. The second-order valence-electron chi connectivity index (χ2n) is 3.87. The van der Waals surface area contributed by atoms with E-state index in [1.807, 2.05) is 12.1 Å². The molecular weight excluding hydrogens is 244 g/mol. The van der Waals surface area contributed by atoms with Crippen LogP contribution in [-0.4, -0.2) is 17.3 Å². The van der Waals surface area contributed by atoms with Crippen molar-refractivity contribution in [2.75, 3.05) is 7.11 Å². The maximum Gasteiger partial charge on any atom is 0.121 e. The Morgan fingerprint density at radius 1 is 1.05 bits per heavy atom. The van der Waals surface area contributed by atoms with Crippen LogP contribution in [-0.2, 0) is 6.61 Å². The van der Waals surface area contributed by atoms with Gasteiger partial charge in [-0.05, 0) is 30.3 Å². The van der Waals surface area contributed by atoms with Crippen molar-refractivity contribution in [2.45, 2.75) is 6.61 Å². The molecule has 0 aromatic heterocycles. The number of ether oxygens (including phenoxy) is 1. The molecule has 5 nitrogen and oxygen atoms in total. The number of azo groups is 1. The Morgan fingerprint density at radius 2 is 1.79 bits per heavy atom. The number of hydrogen-bond donors (Lipinski definition) is 2. The summed E-state index contributed by atoms with van der Waals surface area (Å²) < 4.78 is 5.09. The summed E-state index contributed by atoms with van der Waals surface area (Å²) in [4.78, 5) is 0. The molecule has 19 heavy (non-hydrogen) atoms. The number of aromatic hydroxyl groups is 1. The Morgan fingerprint density at radius 3 is 2.47 bits per heavy atom. The Kier molecular flexibility index (Phi) is 4.10. The number of aliphatic hydroxyl groups excluding tert-OH is 1. The van der Waals surface area contributed by atoms with Gasteiger partial charge in [0.05, 0.1) is 25.1 Å². The van der Waals surface area contributed by atoms with Gasteiger partial charge in [-0.3, -0.25) is 0 Å². The highest BCUT2D eigenvalue weighted by Gasteiger charge is 2.01. The smallest absolute Gasteiger partial charge is 0.121 e. The van der Waals surface area contributed by atoms with Gasteiger partial charge in [0.25, 0.3) is 0 Å². The van der Waals surface area contributed by atoms with E-state index in [1.54, 1.807) is 31.4 Å². The van der Waals surface area contributed by atoms with Crippen molar-refractivity contribution in [1.82, 2.24) is 0 Å². The third-order valence-corrected chi connectivity index (χ3v) is 2.57. The van der Waals surface area contributed by atoms with Crippen LogP contribution >= 0.6 is 0 Å². The maximum atomic E-state index is 9.44. The zero-order valence-corrected chi connectivity index (χ0v) is 10.4. The van der Waals surface area contributed by atoms with Gasteiger partial charge in [0.2, 0.25) is 0 Å². The summed E-state index contributed by atoms with van der Waals surface area (Å²) >= 11 is 0. The lowest BCUT2D eigenvalue weighted by Crippen LogP contribution is -1.82. The highest BCUT2D eigenvalue weighted by Crippen LogP contribution is 2.26. The molecule has 0 unspecified atom stereocenters. The molecule has 0 aliphatic rings. The Balaban J connectivity index is 2.22. The van der Waals surface area contributed by atoms with E-state index in [1.165, 1.54) is 6.07 Å². The molecule has 98 valence electrons. The van der Waals surface area contributed by atoms with E-state index < -0.39 is 0 Å². The molecule has 0 amide bonds. The number of phenols is 1. The molecule has 0 aliphatic carbocycles. The Hall–Kier alpha value is -2.40. The molecule has 0 aliphatic heterocycles. The molecule has 2 aromatic carbocycles. The molecule has 0 heterocycles. The second kappa shape index (κ2) is 5.97. The van der Waals surface area contributed by atoms with Crippen LogP contribution < -0.4 is 4.74 Å². The van der Waals surface area contributed by atoms with Crippen LogP contribution in [0.25, 0.3) is 0 Å². The van der Waals surface area contributed by atoms with Crippen molar-refractivity contribution < 1.29 is 14.9 Å². The summed E-state index contributed by atoms with van der Waals surface area (Å²) in [7, 11) is 1.59. The van der Waals surface area contributed by atoms with E-state index in [9.17, 15) is 5.11 Å². The number of benzene rings is 2. The largest absolute Gasteiger partial charge is 0.508 e. The van der Waals surface area contributed by atoms with Gasteiger partial charge < -0.3 is 14.9 Å². The molecule has 0 fully saturated rings. The molecule has 0 atom stereocenters. The quantitative estimate of drug-likeness (QED) is 0.826. The highest BCUT2D eigenvalue weighted by atomic mass is 16.5. The molecule has 0 radical (unpaired) electrons. The van der Waals surface area contributed by atoms with Gasteiger partial charge >= 0.3 is 0 Å². The SMILES string of the molecule is COc1cccc(N=Nc2ccc(O)c(CO)c2)c1. The first kappa shape index (κ1) is 13.0. The van der Waals surface area contributed by atoms with E-state index in [0.717, 1.165) is 0 Å². The standard InChI is InChI=1S/C14H14N2O3/c1-19-13-4-2-3-11(8-13)15-16-12-5-6-14(18)10(7-12)9-17/h2-8,17-18H,9H2,1H3. The van der Waals surface area contributed by atoms with E-state index >= 15 is 0 Å². The number of rotatable bonds is 4. The van der Waals surface area contributed by atoms with Gasteiger partial charge in [0.1, 0.15) is 11.5 Å². The van der Waals surface area contributed by atoms with Crippen LogP contribution in [0.5, 0.6) is 11.5 Å². The summed E-state index contributed by atoms with van der Waals surface area (Å²) in [6.07, 6.45) is 0. The van der Waals surface area contributed by atoms with Crippen molar-refractivity contribution >= 4 is 11.4 Å². The summed E-state index contributed by atoms with van der Waals surface area (Å²) in [5, 5.41) is 26.6. The third kappa shape index (κ3) is 3.29. The molecule has 0 spiro atoms. The average molecular weight is 258 g/mol. The van der Waals surface area contributed by atoms with E-state index in [2.05, 4.69) is 10.2 Å². The molecule has 0 bridgehead atoms. The molecule has 2 aromatic rings. The lowest BCUT2D eigenvalue weighted by atomic mass is 10.2. The van der Waals surface area contributed by atoms with Crippen LogP contribution in [0, 0.1) is 0 Å². The average Bonchev–Trinajstić information content (AvgIpc) is 2.46. The van der Waals surface area contributed by atoms with Crippen molar-refractivity contribution in [3.63, 3.8) is 0 Å². The molecular formula is C14H14N2O3. The summed E-state index contributed by atoms with van der Waals surface area (Å²) in [6, 6.07) is 11.9. The lowest BCUT2D eigenvalue weighted by Gasteiger charge is -2.01. The van der Waals surface area contributed by atoms with Gasteiger partial charge in [-0.1, -0.05) is 6.07 Å². The maximum absolute atomic E-state index is 9.44. The number of methoxy groups -OCH3 is 1. The zero-order valence-electron chi connectivity index (χ0n) is 10.4. The van der Waals surface area contributed by atoms with Gasteiger partial charge in [-0.25, -0.2) is 0 Å². The van der Waals surface area contributed by atoms with Crippen LogP contribution in [0.15, 0.2) is 52.7 Å². The zero-order chi connectivity index (χ0) is 13.7. The van der Waals surface area contributed by atoms with Crippen LogP contribution in [0.2, 0.25) is 0 Å². The first-order valence-electron chi connectivity index (χ1n) is 5.71. The topological polar surface area (TPSA) is 74.4 Å². The molecule has 5 heteroatoms. The predicted molar refractivity (Wildman–Crippen MR) is 71.2 cm³/mol. The number of hydrogen-bond acceptors (Lipinski definition) is 5. The third-order valence-electron chi connectivity index (χ3n) is 2.57. The van der Waals surface area contributed by atoms with Crippen molar-refractivity contribution in [3.8, 4) is 11.5 Å². The fraction of sp³-hybridized carbons (Fsp3) is 0.143. The first-order valence-corrected chi connectivity index (χ1v) is 5.71. The predicted octanol–water partition coefficient (Wildman–Crippen LogP) is 3.31. The number of aliphatic hydroxyl groups is 1. The van der Waals surface area contributed by atoms with E-state index in [-0.39, 0.29) is 12.4 Å². The fourth-order valence-electron chi connectivity index (χ4n) is 1.55. The van der Waals surface area contributed by atoms with Crippen LogP contribution in [0.1, 0.15) is 5.56 Å². The monoisotopic (exact) mass is 258 g/mol. The van der Waals surface area contributed by atoms with Gasteiger partial charge in [0.15, 0.2) is 0 Å². The molecule has 0 saturated heterocycles. The van der Waals surface area contributed by atoms with Gasteiger partial charge in [0, 0.05) is 11.6 Å². The summed E-state index contributed by atoms with van der Waals surface area (Å²) in [5.74, 6) is 0.751. The van der Waals surface area contributed by atoms with Crippen LogP contribution in [0.3, 0.4) is 0 Å². The second-order valence-corrected chi connectivity index (χ2v) is 3.87. The lowest BCUT2D eigenvalue weighted by molar-refractivity contribution is 0.275. The van der Waals surface area contributed by atoms with E-state index in [0.29, 0.717) is 22.7 Å².